The lowest BCUT2D eigenvalue weighted by molar-refractivity contribution is -0.115. The quantitative estimate of drug-likeness (QED) is 0.624. The fourth-order valence-corrected chi connectivity index (χ4v) is 1.68. The van der Waals surface area contributed by atoms with Gasteiger partial charge in [0.1, 0.15) is 17.5 Å². The fraction of sp³-hybridized carbons (Fsp3) is 0.0833. The summed E-state index contributed by atoms with van der Waals surface area (Å²) < 4.78 is 5.26. The Kier molecular flexibility index (Phi) is 3.55. The lowest BCUT2D eigenvalue weighted by Crippen LogP contribution is -2.21. The Bertz CT molecular complexity index is 575. The molecule has 1 fully saturated rings. The summed E-state index contributed by atoms with van der Waals surface area (Å²) in [6, 6.07) is 9.02. The van der Waals surface area contributed by atoms with Crippen LogP contribution in [0.1, 0.15) is 5.56 Å². The van der Waals surface area contributed by atoms with Crippen LogP contribution in [0.25, 0.3) is 6.08 Å². The van der Waals surface area contributed by atoms with Gasteiger partial charge < -0.3 is 10.1 Å². The van der Waals surface area contributed by atoms with E-state index >= 15 is 0 Å². The van der Waals surface area contributed by atoms with Crippen molar-refractivity contribution < 1.29 is 9.53 Å². The Hall–Kier alpha value is -2.39. The van der Waals surface area contributed by atoms with Crippen LogP contribution in [-0.4, -0.2) is 17.6 Å². The summed E-state index contributed by atoms with van der Waals surface area (Å²) >= 11 is 4.83. The first-order valence-electron chi connectivity index (χ1n) is 5.13. The van der Waals surface area contributed by atoms with Gasteiger partial charge in [-0.25, -0.2) is 0 Å². The van der Waals surface area contributed by atoms with E-state index in [1.165, 1.54) is 0 Å². The standard InChI is InChI=1S/C12H9N3O2S/c13-5-6-17-10-4-2-1-3-8(10)7-9-11(16)15-12(18)14-9/h1-4,7H,6H2,(H2,14,15,16,18)/b9-7+. The first-order valence-corrected chi connectivity index (χ1v) is 5.54. The van der Waals surface area contributed by atoms with Crippen molar-refractivity contribution in [2.24, 2.45) is 0 Å². The second kappa shape index (κ2) is 5.29. The Morgan fingerprint density at radius 3 is 2.83 bits per heavy atom. The van der Waals surface area contributed by atoms with Crippen LogP contribution in [0.3, 0.4) is 0 Å². The highest BCUT2D eigenvalue weighted by Gasteiger charge is 2.20. The van der Waals surface area contributed by atoms with Crippen molar-refractivity contribution in [1.82, 2.24) is 10.6 Å². The summed E-state index contributed by atoms with van der Waals surface area (Å²) in [4.78, 5) is 11.5. The van der Waals surface area contributed by atoms with E-state index in [4.69, 9.17) is 22.2 Å². The molecule has 0 radical (unpaired) electrons. The minimum absolute atomic E-state index is 0.0434. The topological polar surface area (TPSA) is 74.2 Å². The lowest BCUT2D eigenvalue weighted by atomic mass is 10.1. The monoisotopic (exact) mass is 259 g/mol. The van der Waals surface area contributed by atoms with E-state index < -0.39 is 0 Å². The molecule has 90 valence electrons. The number of para-hydroxylation sites is 1. The van der Waals surface area contributed by atoms with Gasteiger partial charge in [-0.3, -0.25) is 10.1 Å². The molecule has 18 heavy (non-hydrogen) atoms. The molecule has 1 amide bonds. The minimum Gasteiger partial charge on any atom is -0.478 e. The molecule has 0 aromatic heterocycles. The Morgan fingerprint density at radius 1 is 1.39 bits per heavy atom. The van der Waals surface area contributed by atoms with Crippen LogP contribution in [-0.2, 0) is 4.79 Å². The number of benzene rings is 1. The third kappa shape index (κ3) is 2.64. The zero-order valence-electron chi connectivity index (χ0n) is 9.27. The maximum absolute atomic E-state index is 11.5. The minimum atomic E-state index is -0.282. The van der Waals surface area contributed by atoms with Crippen LogP contribution in [0, 0.1) is 11.3 Å². The van der Waals surface area contributed by atoms with Gasteiger partial charge in [-0.15, -0.1) is 0 Å². The van der Waals surface area contributed by atoms with E-state index in [2.05, 4.69) is 10.6 Å². The number of nitriles is 1. The number of carbonyl (C=O) groups is 1. The van der Waals surface area contributed by atoms with Gasteiger partial charge in [-0.2, -0.15) is 5.26 Å². The van der Waals surface area contributed by atoms with E-state index in [9.17, 15) is 4.79 Å². The number of carbonyl (C=O) groups excluding carboxylic acids is 1. The predicted octanol–water partition coefficient (Wildman–Crippen LogP) is 0.934. The third-order valence-electron chi connectivity index (χ3n) is 2.23. The number of ether oxygens (including phenoxy) is 1. The predicted molar refractivity (Wildman–Crippen MR) is 69.4 cm³/mol. The van der Waals surface area contributed by atoms with Crippen LogP contribution >= 0.6 is 12.2 Å². The molecule has 1 heterocycles. The van der Waals surface area contributed by atoms with E-state index in [-0.39, 0.29) is 17.6 Å². The second-order valence-corrected chi connectivity index (χ2v) is 3.86. The van der Waals surface area contributed by atoms with Gasteiger partial charge in [0.05, 0.1) is 0 Å². The second-order valence-electron chi connectivity index (χ2n) is 3.45. The molecule has 0 atom stereocenters. The highest BCUT2D eigenvalue weighted by Crippen LogP contribution is 2.21. The number of nitrogens with one attached hydrogen (secondary N) is 2. The van der Waals surface area contributed by atoms with Crippen molar-refractivity contribution in [3.8, 4) is 11.8 Å². The van der Waals surface area contributed by atoms with Crippen molar-refractivity contribution in [1.29, 1.82) is 5.26 Å². The largest absolute Gasteiger partial charge is 0.478 e. The SMILES string of the molecule is N#CCOc1ccccc1/C=C1/NC(=S)NC1=O. The molecule has 0 saturated carbocycles. The van der Waals surface area contributed by atoms with Crippen LogP contribution < -0.4 is 15.4 Å². The summed E-state index contributed by atoms with van der Waals surface area (Å²) in [7, 11) is 0. The van der Waals surface area contributed by atoms with Gasteiger partial charge in [-0.1, -0.05) is 18.2 Å². The van der Waals surface area contributed by atoms with Crippen LogP contribution in [0.4, 0.5) is 0 Å². The van der Waals surface area contributed by atoms with Crippen molar-refractivity contribution in [2.45, 2.75) is 0 Å². The summed E-state index contributed by atoms with van der Waals surface area (Å²) in [5.41, 5.74) is 1.06. The molecule has 1 aromatic carbocycles. The van der Waals surface area contributed by atoms with Crippen LogP contribution in [0.2, 0.25) is 0 Å². The molecule has 1 aliphatic rings. The lowest BCUT2D eigenvalue weighted by Gasteiger charge is -2.05. The number of thiocarbonyl (C=S) groups is 1. The molecule has 2 rings (SSSR count). The number of hydrogen-bond donors (Lipinski definition) is 2. The normalized spacial score (nSPS) is 16.1. The smallest absolute Gasteiger partial charge is 0.273 e. The molecule has 0 bridgehead atoms. The van der Waals surface area contributed by atoms with Gasteiger partial charge in [0.2, 0.25) is 0 Å². The molecule has 1 aromatic rings. The van der Waals surface area contributed by atoms with Gasteiger partial charge in [0, 0.05) is 5.56 Å². The average Bonchev–Trinajstić information content (AvgIpc) is 2.67. The number of rotatable bonds is 3. The summed E-state index contributed by atoms with van der Waals surface area (Å²) in [6.45, 7) is -0.0434. The zero-order chi connectivity index (χ0) is 13.0. The fourth-order valence-electron chi connectivity index (χ4n) is 1.48. The first-order chi connectivity index (χ1) is 8.70. The molecular weight excluding hydrogens is 250 g/mol. The van der Waals surface area contributed by atoms with E-state index in [1.807, 2.05) is 12.1 Å². The zero-order valence-corrected chi connectivity index (χ0v) is 10.1. The van der Waals surface area contributed by atoms with Gasteiger partial charge >= 0.3 is 0 Å². The summed E-state index contributed by atoms with van der Waals surface area (Å²) in [5.74, 6) is 0.258. The highest BCUT2D eigenvalue weighted by atomic mass is 32.1. The Morgan fingerprint density at radius 2 is 2.17 bits per heavy atom. The van der Waals surface area contributed by atoms with E-state index in [1.54, 1.807) is 24.3 Å². The summed E-state index contributed by atoms with van der Waals surface area (Å²) in [5, 5.41) is 14.0. The molecule has 0 unspecified atom stereocenters. The van der Waals surface area contributed by atoms with Crippen molar-refractivity contribution in [3.63, 3.8) is 0 Å². The Labute approximate surface area is 109 Å². The van der Waals surface area contributed by atoms with Gasteiger partial charge in [-0.05, 0) is 24.4 Å². The van der Waals surface area contributed by atoms with Gasteiger partial charge in [0.15, 0.2) is 11.7 Å². The molecule has 5 nitrogen and oxygen atoms in total. The molecule has 1 aliphatic heterocycles. The molecular formula is C12H9N3O2S. The van der Waals surface area contributed by atoms with Crippen molar-refractivity contribution in [2.75, 3.05) is 6.61 Å². The Balaban J connectivity index is 2.29. The maximum atomic E-state index is 11.5. The molecule has 1 saturated heterocycles. The number of hydrogen-bond acceptors (Lipinski definition) is 4. The average molecular weight is 259 g/mol. The first kappa shape index (κ1) is 12.1. The van der Waals surface area contributed by atoms with Crippen molar-refractivity contribution in [3.05, 3.63) is 35.5 Å². The van der Waals surface area contributed by atoms with Crippen LogP contribution in [0.15, 0.2) is 30.0 Å². The number of nitrogens with zero attached hydrogens (tertiary/aromatic N) is 1. The molecule has 0 spiro atoms. The molecule has 2 N–H and O–H groups in total. The van der Waals surface area contributed by atoms with Gasteiger partial charge in [0.25, 0.3) is 5.91 Å². The molecule has 0 aliphatic carbocycles. The third-order valence-corrected chi connectivity index (χ3v) is 2.44. The number of amides is 1. The van der Waals surface area contributed by atoms with E-state index in [0.717, 1.165) is 0 Å². The van der Waals surface area contributed by atoms with E-state index in [0.29, 0.717) is 17.0 Å². The van der Waals surface area contributed by atoms with Crippen LogP contribution in [0.5, 0.6) is 5.75 Å². The maximum Gasteiger partial charge on any atom is 0.273 e. The molecule has 6 heteroatoms. The highest BCUT2D eigenvalue weighted by molar-refractivity contribution is 7.80. The summed E-state index contributed by atoms with van der Waals surface area (Å²) in [6.07, 6.45) is 1.63. The van der Waals surface area contributed by atoms with Crippen molar-refractivity contribution >= 4 is 29.3 Å².